The van der Waals surface area contributed by atoms with Gasteiger partial charge >= 0.3 is 59.1 Å². The third kappa shape index (κ3) is 10.9. The Morgan fingerprint density at radius 2 is 1.50 bits per heavy atom. The molecule has 0 aromatic heterocycles. The van der Waals surface area contributed by atoms with Crippen molar-refractivity contribution in [1.29, 1.82) is 0 Å². The molecule has 0 bridgehead atoms. The second kappa shape index (κ2) is 10.4. The summed E-state index contributed by atoms with van der Waals surface area (Å²) in [5.74, 6) is -2.89. The first-order valence-corrected chi connectivity index (χ1v) is 3.25. The Bertz CT molecular complexity index is 171. The van der Waals surface area contributed by atoms with Crippen molar-refractivity contribution in [3.8, 4) is 0 Å². The summed E-state index contributed by atoms with van der Waals surface area (Å²) in [5, 5.41) is 28.9. The number of carbonyl (C=O) groups is 2. The molecule has 14 heavy (non-hydrogen) atoms. The molecule has 0 radical (unpaired) electrons. The van der Waals surface area contributed by atoms with Gasteiger partial charge in [-0.05, 0) is 6.92 Å². The molecular formula is C6H9NNa2O5. The summed E-state index contributed by atoms with van der Waals surface area (Å²) in [4.78, 5) is 20.8. The second-order valence-corrected chi connectivity index (χ2v) is 2.28. The van der Waals surface area contributed by atoms with Crippen molar-refractivity contribution in [2.24, 2.45) is 0 Å². The van der Waals surface area contributed by atoms with Gasteiger partial charge in [0, 0.05) is 13.1 Å². The number of aliphatic hydroxyl groups is 1. The van der Waals surface area contributed by atoms with Gasteiger partial charge in [-0.3, -0.25) is 4.90 Å². The third-order valence-corrected chi connectivity index (χ3v) is 1.19. The van der Waals surface area contributed by atoms with Crippen LogP contribution in [0.15, 0.2) is 0 Å². The van der Waals surface area contributed by atoms with Crippen LogP contribution in [0, 0.1) is 0 Å². The third-order valence-electron chi connectivity index (χ3n) is 1.19. The minimum Gasteiger partial charge on any atom is -0.549 e. The number of hydrogen-bond donors (Lipinski definition) is 1. The van der Waals surface area contributed by atoms with Crippen molar-refractivity contribution < 1.29 is 84.0 Å². The number of aliphatic hydroxyl groups excluding tert-OH is 1. The van der Waals surface area contributed by atoms with E-state index in [9.17, 15) is 19.8 Å². The summed E-state index contributed by atoms with van der Waals surface area (Å²) in [5.41, 5.74) is 0. The average Bonchev–Trinajstić information content (AvgIpc) is 1.83. The van der Waals surface area contributed by atoms with Crippen LogP contribution in [0.2, 0.25) is 0 Å². The monoisotopic (exact) mass is 221 g/mol. The van der Waals surface area contributed by atoms with Crippen LogP contribution in [-0.2, 0) is 9.59 Å². The van der Waals surface area contributed by atoms with Crippen LogP contribution in [0.5, 0.6) is 0 Å². The minimum atomic E-state index is -1.45. The van der Waals surface area contributed by atoms with Crippen LogP contribution in [0.4, 0.5) is 0 Å². The van der Waals surface area contributed by atoms with Crippen LogP contribution >= 0.6 is 0 Å². The molecule has 0 fully saturated rings. The molecule has 0 aliphatic heterocycles. The van der Waals surface area contributed by atoms with E-state index in [0.717, 1.165) is 4.90 Å². The van der Waals surface area contributed by atoms with Crippen molar-refractivity contribution in [2.45, 2.75) is 13.2 Å². The Morgan fingerprint density at radius 1 is 1.21 bits per heavy atom. The molecule has 8 heteroatoms. The smallest absolute Gasteiger partial charge is 0.549 e. The van der Waals surface area contributed by atoms with Crippen molar-refractivity contribution >= 4 is 11.9 Å². The first kappa shape index (κ1) is 20.3. The molecular weight excluding hydrogens is 212 g/mol. The summed E-state index contributed by atoms with van der Waals surface area (Å²) in [6.07, 6.45) is -1.15. The topological polar surface area (TPSA) is 104 Å². The summed E-state index contributed by atoms with van der Waals surface area (Å²) >= 11 is 0. The Morgan fingerprint density at radius 3 is 1.64 bits per heavy atom. The molecule has 6 nitrogen and oxygen atoms in total. The van der Waals surface area contributed by atoms with Crippen LogP contribution in [0.3, 0.4) is 0 Å². The van der Waals surface area contributed by atoms with Gasteiger partial charge < -0.3 is 24.9 Å². The van der Waals surface area contributed by atoms with E-state index in [1.165, 1.54) is 6.92 Å². The van der Waals surface area contributed by atoms with Gasteiger partial charge in [0.05, 0.1) is 11.9 Å². The number of carboxylic acids is 2. The summed E-state index contributed by atoms with van der Waals surface area (Å²) in [7, 11) is 0. The Labute approximate surface area is 126 Å². The van der Waals surface area contributed by atoms with E-state index < -0.39 is 31.3 Å². The van der Waals surface area contributed by atoms with Gasteiger partial charge in [-0.1, -0.05) is 0 Å². The normalized spacial score (nSPS) is 11.1. The minimum absolute atomic E-state index is 0. The zero-order valence-electron chi connectivity index (χ0n) is 8.52. The van der Waals surface area contributed by atoms with Gasteiger partial charge in [-0.15, -0.1) is 0 Å². The zero-order valence-corrected chi connectivity index (χ0v) is 12.5. The van der Waals surface area contributed by atoms with Gasteiger partial charge in [0.1, 0.15) is 6.23 Å². The number of rotatable bonds is 5. The molecule has 1 N–H and O–H groups in total. The SMILES string of the molecule is CC(O)N(CC(=O)[O-])CC(=O)[O-].[Na+].[Na+]. The summed E-state index contributed by atoms with van der Waals surface area (Å²) in [6, 6.07) is 0. The van der Waals surface area contributed by atoms with Crippen LogP contribution in [0.25, 0.3) is 0 Å². The van der Waals surface area contributed by atoms with E-state index in [1.807, 2.05) is 0 Å². The molecule has 1 unspecified atom stereocenters. The quantitative estimate of drug-likeness (QED) is 0.365. The van der Waals surface area contributed by atoms with Crippen molar-refractivity contribution in [3.63, 3.8) is 0 Å². The number of carboxylic acid groups (broad SMARTS) is 2. The second-order valence-electron chi connectivity index (χ2n) is 2.28. The number of hydrogen-bond acceptors (Lipinski definition) is 6. The molecule has 0 aliphatic rings. The van der Waals surface area contributed by atoms with Gasteiger partial charge in [0.15, 0.2) is 0 Å². The molecule has 0 aromatic rings. The molecule has 0 rings (SSSR count). The van der Waals surface area contributed by atoms with E-state index >= 15 is 0 Å². The average molecular weight is 221 g/mol. The Balaban J connectivity index is -0.000000605. The maximum Gasteiger partial charge on any atom is 1.00 e. The maximum absolute atomic E-state index is 10.0. The number of aliphatic carboxylic acids is 2. The molecule has 0 amide bonds. The fourth-order valence-electron chi connectivity index (χ4n) is 0.652. The largest absolute Gasteiger partial charge is 1.00 e. The molecule has 0 saturated heterocycles. The fourth-order valence-corrected chi connectivity index (χ4v) is 0.652. The number of nitrogens with zero attached hydrogens (tertiary/aromatic N) is 1. The van der Waals surface area contributed by atoms with Crippen LogP contribution in [0.1, 0.15) is 6.92 Å². The van der Waals surface area contributed by atoms with Gasteiger partial charge in [-0.2, -0.15) is 0 Å². The van der Waals surface area contributed by atoms with Crippen molar-refractivity contribution in [1.82, 2.24) is 4.90 Å². The van der Waals surface area contributed by atoms with Gasteiger partial charge in [0.25, 0.3) is 0 Å². The van der Waals surface area contributed by atoms with Crippen molar-refractivity contribution in [2.75, 3.05) is 13.1 Å². The van der Waals surface area contributed by atoms with Gasteiger partial charge in [-0.25, -0.2) is 0 Å². The molecule has 70 valence electrons. The maximum atomic E-state index is 10.0. The van der Waals surface area contributed by atoms with Crippen molar-refractivity contribution in [3.05, 3.63) is 0 Å². The molecule has 0 spiro atoms. The first-order chi connectivity index (χ1) is 5.43. The fraction of sp³-hybridized carbons (Fsp3) is 0.667. The molecule has 1 atom stereocenters. The molecule has 0 aromatic carbocycles. The van der Waals surface area contributed by atoms with E-state index in [0.29, 0.717) is 0 Å². The summed E-state index contributed by atoms with van der Waals surface area (Å²) < 4.78 is 0. The van der Waals surface area contributed by atoms with E-state index in [-0.39, 0.29) is 59.1 Å². The van der Waals surface area contributed by atoms with E-state index in [4.69, 9.17) is 5.11 Å². The summed E-state index contributed by atoms with van der Waals surface area (Å²) in [6.45, 7) is -0.0107. The Kier molecular flexibility index (Phi) is 15.0. The molecule has 0 saturated carbocycles. The molecule has 0 aliphatic carbocycles. The van der Waals surface area contributed by atoms with E-state index in [2.05, 4.69) is 0 Å². The van der Waals surface area contributed by atoms with E-state index in [1.54, 1.807) is 0 Å². The first-order valence-electron chi connectivity index (χ1n) is 3.25. The predicted molar refractivity (Wildman–Crippen MR) is 33.3 cm³/mol. The van der Waals surface area contributed by atoms with Crippen LogP contribution in [-0.4, -0.2) is 41.3 Å². The van der Waals surface area contributed by atoms with Gasteiger partial charge in [0.2, 0.25) is 0 Å². The Hall–Kier alpha value is 0.860. The number of carbonyl (C=O) groups excluding carboxylic acids is 2. The standard InChI is InChI=1S/C6H11NO5.2Na/c1-4(8)7(2-5(9)10)3-6(11)12;;/h4,8H,2-3H2,1H3,(H,9,10)(H,11,12);;/q;2*+1/p-2. The predicted octanol–water partition coefficient (Wildman–Crippen LogP) is -9.87. The molecule has 0 heterocycles. The zero-order chi connectivity index (χ0) is 9.72. The van der Waals surface area contributed by atoms with Crippen LogP contribution < -0.4 is 69.3 Å².